The topological polar surface area (TPSA) is 63.5 Å². The quantitative estimate of drug-likeness (QED) is 0.828. The van der Waals surface area contributed by atoms with Crippen molar-refractivity contribution in [1.29, 1.82) is 5.26 Å². The van der Waals surface area contributed by atoms with Crippen molar-refractivity contribution in [2.75, 3.05) is 45.2 Å². The summed E-state index contributed by atoms with van der Waals surface area (Å²) in [6.45, 7) is 2.36. The zero-order valence-electron chi connectivity index (χ0n) is 15.5. The van der Waals surface area contributed by atoms with E-state index in [2.05, 4.69) is 16.0 Å². The number of nitrogens with zero attached hydrogens (tertiary/aromatic N) is 5. The average Bonchev–Trinajstić information content (AvgIpc) is 2.69. The first kappa shape index (κ1) is 18.8. The third-order valence-corrected chi connectivity index (χ3v) is 4.74. The van der Waals surface area contributed by atoms with E-state index in [0.717, 1.165) is 5.82 Å². The second kappa shape index (κ2) is 8.14. The van der Waals surface area contributed by atoms with Gasteiger partial charge in [-0.1, -0.05) is 18.2 Å². The largest absolute Gasteiger partial charge is 0.353 e. The minimum Gasteiger partial charge on any atom is -0.353 e. The molecule has 1 unspecified atom stereocenters. The molecule has 0 bridgehead atoms. The molecule has 1 aliphatic rings. The van der Waals surface area contributed by atoms with Gasteiger partial charge < -0.3 is 9.80 Å². The summed E-state index contributed by atoms with van der Waals surface area (Å²) < 4.78 is 14.2. The summed E-state index contributed by atoms with van der Waals surface area (Å²) in [4.78, 5) is 23.0. The number of anilines is 1. The number of rotatable bonds is 4. The van der Waals surface area contributed by atoms with Gasteiger partial charge in [-0.15, -0.1) is 0 Å². The van der Waals surface area contributed by atoms with E-state index >= 15 is 0 Å². The molecule has 1 amide bonds. The molecule has 0 saturated carbocycles. The lowest BCUT2D eigenvalue weighted by molar-refractivity contribution is -0.136. The lowest BCUT2D eigenvalue weighted by Gasteiger charge is -2.38. The van der Waals surface area contributed by atoms with Gasteiger partial charge in [-0.3, -0.25) is 9.69 Å². The molecule has 3 rings (SSSR count). The van der Waals surface area contributed by atoms with Crippen LogP contribution < -0.4 is 4.90 Å². The van der Waals surface area contributed by atoms with Crippen molar-refractivity contribution in [3.63, 3.8) is 0 Å². The molecule has 6 nitrogen and oxygen atoms in total. The Morgan fingerprint density at radius 3 is 2.44 bits per heavy atom. The van der Waals surface area contributed by atoms with Gasteiger partial charge in [0.25, 0.3) is 0 Å². The van der Waals surface area contributed by atoms with E-state index in [0.29, 0.717) is 37.3 Å². The summed E-state index contributed by atoms with van der Waals surface area (Å²) in [5.41, 5.74) is 0.912. The van der Waals surface area contributed by atoms with E-state index in [-0.39, 0.29) is 11.7 Å². The third kappa shape index (κ3) is 4.07. The van der Waals surface area contributed by atoms with Crippen molar-refractivity contribution in [3.8, 4) is 6.07 Å². The lowest BCUT2D eigenvalue weighted by atomic mass is 10.0. The Kier molecular flexibility index (Phi) is 5.67. The van der Waals surface area contributed by atoms with Gasteiger partial charge >= 0.3 is 0 Å². The van der Waals surface area contributed by atoms with Crippen LogP contribution in [0.1, 0.15) is 17.2 Å². The van der Waals surface area contributed by atoms with Crippen molar-refractivity contribution in [3.05, 3.63) is 59.5 Å². The maximum absolute atomic E-state index is 14.2. The second-order valence-corrected chi connectivity index (χ2v) is 6.72. The fraction of sp³-hybridized carbons (Fsp3) is 0.350. The zero-order valence-corrected chi connectivity index (χ0v) is 15.5. The molecule has 1 fully saturated rings. The average molecular weight is 367 g/mol. The van der Waals surface area contributed by atoms with E-state index in [4.69, 9.17) is 5.26 Å². The molecule has 27 heavy (non-hydrogen) atoms. The summed E-state index contributed by atoms with van der Waals surface area (Å²) >= 11 is 0. The number of benzene rings is 1. The molecule has 1 saturated heterocycles. The fourth-order valence-electron chi connectivity index (χ4n) is 3.30. The van der Waals surface area contributed by atoms with Crippen molar-refractivity contribution in [1.82, 2.24) is 14.8 Å². The van der Waals surface area contributed by atoms with Gasteiger partial charge in [0.05, 0.1) is 5.56 Å². The number of amides is 1. The number of halogens is 1. The van der Waals surface area contributed by atoms with Crippen LogP contribution in [0.2, 0.25) is 0 Å². The first-order chi connectivity index (χ1) is 13.0. The Morgan fingerprint density at radius 1 is 1.19 bits per heavy atom. The Morgan fingerprint density at radius 2 is 1.89 bits per heavy atom. The zero-order chi connectivity index (χ0) is 19.4. The highest BCUT2D eigenvalue weighted by Gasteiger charge is 2.31. The van der Waals surface area contributed by atoms with Gasteiger partial charge in [-0.25, -0.2) is 9.37 Å². The molecule has 1 aromatic carbocycles. The van der Waals surface area contributed by atoms with Crippen molar-refractivity contribution >= 4 is 11.7 Å². The highest BCUT2D eigenvalue weighted by molar-refractivity contribution is 5.83. The Balaban J connectivity index is 1.69. The number of aromatic nitrogens is 1. The van der Waals surface area contributed by atoms with Crippen molar-refractivity contribution < 1.29 is 9.18 Å². The van der Waals surface area contributed by atoms with Gasteiger partial charge in [-0.2, -0.15) is 5.26 Å². The standard InChI is InChI=1S/C20H22FN5O/c1-24(2)19(16-5-3-4-6-17(16)21)20(27)26-11-9-25(10-12-26)18-8-7-15(13-22)14-23-18/h3-8,14,19H,9-12H2,1-2H3. The van der Waals surface area contributed by atoms with Crippen LogP contribution in [0.15, 0.2) is 42.6 Å². The van der Waals surface area contributed by atoms with Crippen LogP contribution in [0.5, 0.6) is 0 Å². The maximum Gasteiger partial charge on any atom is 0.244 e. The summed E-state index contributed by atoms with van der Waals surface area (Å²) in [7, 11) is 3.57. The molecule has 1 aliphatic heterocycles. The Hall–Kier alpha value is -2.98. The van der Waals surface area contributed by atoms with Crippen LogP contribution in [0.3, 0.4) is 0 Å². The number of carbonyl (C=O) groups is 1. The van der Waals surface area contributed by atoms with Crippen LogP contribution in [0.25, 0.3) is 0 Å². The summed E-state index contributed by atoms with van der Waals surface area (Å²) in [5, 5.41) is 8.87. The van der Waals surface area contributed by atoms with Crippen molar-refractivity contribution in [2.24, 2.45) is 0 Å². The highest BCUT2D eigenvalue weighted by atomic mass is 19.1. The maximum atomic E-state index is 14.2. The van der Waals surface area contributed by atoms with E-state index in [9.17, 15) is 9.18 Å². The van der Waals surface area contributed by atoms with Crippen LogP contribution in [-0.2, 0) is 4.79 Å². The molecule has 0 radical (unpaired) electrons. The first-order valence-corrected chi connectivity index (χ1v) is 8.82. The first-order valence-electron chi connectivity index (χ1n) is 8.82. The molecule has 140 valence electrons. The van der Waals surface area contributed by atoms with Crippen LogP contribution in [0, 0.1) is 17.1 Å². The van der Waals surface area contributed by atoms with E-state index < -0.39 is 6.04 Å². The van der Waals surface area contributed by atoms with Gasteiger partial charge in [0.2, 0.25) is 5.91 Å². The third-order valence-electron chi connectivity index (χ3n) is 4.74. The van der Waals surface area contributed by atoms with Crippen molar-refractivity contribution in [2.45, 2.75) is 6.04 Å². The van der Waals surface area contributed by atoms with E-state index in [1.54, 1.807) is 54.4 Å². The lowest BCUT2D eigenvalue weighted by Crippen LogP contribution is -2.51. The smallest absolute Gasteiger partial charge is 0.244 e. The number of nitriles is 1. The molecule has 7 heteroatoms. The van der Waals surface area contributed by atoms with Crippen LogP contribution in [0.4, 0.5) is 10.2 Å². The molecule has 0 aliphatic carbocycles. The number of hydrogen-bond acceptors (Lipinski definition) is 5. The predicted octanol–water partition coefficient (Wildman–Crippen LogP) is 2.04. The predicted molar refractivity (Wildman–Crippen MR) is 101 cm³/mol. The number of piperazine rings is 1. The van der Waals surface area contributed by atoms with Crippen LogP contribution in [-0.4, -0.2) is 61.0 Å². The van der Waals surface area contributed by atoms with Gasteiger partial charge in [0, 0.05) is 37.9 Å². The molecule has 1 atom stereocenters. The summed E-state index contributed by atoms with van der Waals surface area (Å²) in [5.74, 6) is 0.321. The molecular weight excluding hydrogens is 345 g/mol. The molecule has 0 N–H and O–H groups in total. The Bertz CT molecular complexity index is 838. The monoisotopic (exact) mass is 367 g/mol. The minimum atomic E-state index is -0.647. The molecule has 2 aromatic rings. The molecule has 0 spiro atoms. The SMILES string of the molecule is CN(C)C(C(=O)N1CCN(c2ccc(C#N)cn2)CC1)c1ccccc1F. The summed E-state index contributed by atoms with van der Waals surface area (Å²) in [6.07, 6.45) is 1.55. The van der Waals surface area contributed by atoms with Gasteiger partial charge in [0.15, 0.2) is 0 Å². The van der Waals surface area contributed by atoms with Crippen LogP contribution >= 0.6 is 0 Å². The number of hydrogen-bond donors (Lipinski definition) is 0. The molecule has 1 aromatic heterocycles. The molecule has 2 heterocycles. The fourth-order valence-corrected chi connectivity index (χ4v) is 3.30. The number of likely N-dealkylation sites (N-methyl/N-ethyl adjacent to an activating group) is 1. The normalized spacial score (nSPS) is 15.5. The van der Waals surface area contributed by atoms with E-state index in [1.165, 1.54) is 6.07 Å². The van der Waals surface area contributed by atoms with Gasteiger partial charge in [0.1, 0.15) is 23.7 Å². The summed E-state index contributed by atoms with van der Waals surface area (Å²) in [6, 6.07) is 11.4. The second-order valence-electron chi connectivity index (χ2n) is 6.72. The number of carbonyl (C=O) groups excluding carboxylic acids is 1. The Labute approximate surface area is 158 Å². The molecular formula is C20H22FN5O. The minimum absolute atomic E-state index is 0.0995. The highest BCUT2D eigenvalue weighted by Crippen LogP contribution is 2.25. The number of pyridine rings is 1. The van der Waals surface area contributed by atoms with E-state index in [1.807, 2.05) is 6.07 Å². The van der Waals surface area contributed by atoms with Gasteiger partial charge in [-0.05, 0) is 32.3 Å².